The molecule has 2 aromatic heterocycles. The summed E-state index contributed by atoms with van der Waals surface area (Å²) in [5.41, 5.74) is 3.18. The van der Waals surface area contributed by atoms with Gasteiger partial charge in [0.1, 0.15) is 0 Å². The number of nitrogens with zero attached hydrogens (tertiary/aromatic N) is 4. The second-order valence-corrected chi connectivity index (χ2v) is 8.21. The third kappa shape index (κ3) is 6.10. The highest BCUT2D eigenvalue weighted by molar-refractivity contribution is 14.0. The summed E-state index contributed by atoms with van der Waals surface area (Å²) in [4.78, 5) is 9.31. The molecular formula is C20H31IN6S. The largest absolute Gasteiger partial charge is 0.357 e. The van der Waals surface area contributed by atoms with Crippen molar-refractivity contribution in [1.29, 1.82) is 0 Å². The maximum atomic E-state index is 4.75. The molecule has 0 aromatic carbocycles. The highest BCUT2D eigenvalue weighted by atomic mass is 127. The van der Waals surface area contributed by atoms with Crippen molar-refractivity contribution in [2.24, 2.45) is 4.99 Å². The molecule has 28 heavy (non-hydrogen) atoms. The Morgan fingerprint density at radius 1 is 1.32 bits per heavy atom. The van der Waals surface area contributed by atoms with E-state index in [0.29, 0.717) is 12.6 Å². The number of guanidine groups is 1. The van der Waals surface area contributed by atoms with Crippen LogP contribution in [0.3, 0.4) is 0 Å². The minimum atomic E-state index is 0. The summed E-state index contributed by atoms with van der Waals surface area (Å²) < 4.78 is 1.87. The van der Waals surface area contributed by atoms with Crippen molar-refractivity contribution >= 4 is 41.7 Å². The topological polar surface area (TPSA) is 67.1 Å². The molecule has 1 aliphatic rings. The third-order valence-corrected chi connectivity index (χ3v) is 5.95. The molecule has 3 rings (SSSR count). The van der Waals surface area contributed by atoms with Gasteiger partial charge in [-0.2, -0.15) is 16.9 Å². The van der Waals surface area contributed by atoms with Gasteiger partial charge in [0.05, 0.1) is 12.2 Å². The molecule has 1 fully saturated rings. The first kappa shape index (κ1) is 23.0. The Bertz CT molecular complexity index is 774. The van der Waals surface area contributed by atoms with E-state index in [4.69, 9.17) is 4.99 Å². The first-order valence-corrected chi connectivity index (χ1v) is 10.9. The van der Waals surface area contributed by atoms with Crippen LogP contribution < -0.4 is 10.6 Å². The molecule has 2 heterocycles. The van der Waals surface area contributed by atoms with Crippen LogP contribution in [0.2, 0.25) is 0 Å². The van der Waals surface area contributed by atoms with Crippen molar-refractivity contribution in [3.05, 3.63) is 41.3 Å². The molecule has 0 aliphatic heterocycles. The molecule has 2 atom stereocenters. The van der Waals surface area contributed by atoms with Crippen molar-refractivity contribution in [3.8, 4) is 5.82 Å². The van der Waals surface area contributed by atoms with Gasteiger partial charge in [-0.3, -0.25) is 0 Å². The molecule has 1 saturated carbocycles. The first-order valence-electron chi connectivity index (χ1n) is 9.65. The Labute approximate surface area is 189 Å². The molecule has 0 bridgehead atoms. The van der Waals surface area contributed by atoms with E-state index in [1.807, 2.05) is 42.6 Å². The Hall–Kier alpha value is -1.29. The number of pyridine rings is 1. The highest BCUT2D eigenvalue weighted by Crippen LogP contribution is 2.28. The predicted octanol–water partition coefficient (Wildman–Crippen LogP) is 3.84. The lowest BCUT2D eigenvalue weighted by Crippen LogP contribution is -2.42. The van der Waals surface area contributed by atoms with E-state index in [-0.39, 0.29) is 24.0 Å². The Balaban J connectivity index is 0.00000280. The SMILES string of the molecule is CCNC(=NCc1ccc(-n2nc(C)cc2C)nc1)NC1CCC(SC)C1.I. The normalized spacial score (nSPS) is 19.4. The fraction of sp³-hybridized carbons (Fsp3) is 0.550. The van der Waals surface area contributed by atoms with Crippen molar-refractivity contribution in [2.45, 2.75) is 57.9 Å². The first-order chi connectivity index (χ1) is 13.1. The van der Waals surface area contributed by atoms with Crippen molar-refractivity contribution in [1.82, 2.24) is 25.4 Å². The summed E-state index contributed by atoms with van der Waals surface area (Å²) >= 11 is 1.97. The summed E-state index contributed by atoms with van der Waals surface area (Å²) in [6.07, 6.45) is 7.81. The second kappa shape index (κ2) is 11.0. The van der Waals surface area contributed by atoms with Crippen molar-refractivity contribution in [3.63, 3.8) is 0 Å². The van der Waals surface area contributed by atoms with E-state index in [1.165, 1.54) is 19.3 Å². The summed E-state index contributed by atoms with van der Waals surface area (Å²) in [5.74, 6) is 1.74. The van der Waals surface area contributed by atoms with Gasteiger partial charge < -0.3 is 10.6 Å². The van der Waals surface area contributed by atoms with Crippen LogP contribution in [0, 0.1) is 13.8 Å². The predicted molar refractivity (Wildman–Crippen MR) is 129 cm³/mol. The number of aryl methyl sites for hydroxylation is 2. The lowest BCUT2D eigenvalue weighted by molar-refractivity contribution is 0.615. The van der Waals surface area contributed by atoms with Crippen LogP contribution in [0.1, 0.15) is 43.1 Å². The number of hydrogen-bond donors (Lipinski definition) is 2. The molecule has 154 valence electrons. The van der Waals surface area contributed by atoms with E-state index in [1.54, 1.807) is 0 Å². The molecule has 2 aromatic rings. The highest BCUT2D eigenvalue weighted by Gasteiger charge is 2.24. The zero-order valence-corrected chi connectivity index (χ0v) is 20.3. The van der Waals surface area contributed by atoms with E-state index in [9.17, 15) is 0 Å². The van der Waals surface area contributed by atoms with Gasteiger partial charge in [0, 0.05) is 29.7 Å². The minimum absolute atomic E-state index is 0. The average molecular weight is 514 g/mol. The van der Waals surface area contributed by atoms with Crippen molar-refractivity contribution in [2.75, 3.05) is 12.8 Å². The molecule has 2 unspecified atom stereocenters. The van der Waals surface area contributed by atoms with Crippen LogP contribution in [0.5, 0.6) is 0 Å². The zero-order chi connectivity index (χ0) is 19.2. The van der Waals surface area contributed by atoms with Crippen LogP contribution in [0.4, 0.5) is 0 Å². The molecular weight excluding hydrogens is 483 g/mol. The zero-order valence-electron chi connectivity index (χ0n) is 17.1. The van der Waals surface area contributed by atoms with Gasteiger partial charge in [0.15, 0.2) is 11.8 Å². The average Bonchev–Trinajstić information content (AvgIpc) is 3.26. The lowest BCUT2D eigenvalue weighted by Gasteiger charge is -2.17. The number of nitrogens with one attached hydrogen (secondary N) is 2. The molecule has 0 saturated heterocycles. The molecule has 8 heteroatoms. The number of aliphatic imine (C=N–C) groups is 1. The molecule has 6 nitrogen and oxygen atoms in total. The summed E-state index contributed by atoms with van der Waals surface area (Å²) in [5, 5.41) is 12.2. The Kier molecular flexibility index (Phi) is 9.07. The molecule has 2 N–H and O–H groups in total. The van der Waals surface area contributed by atoms with Crippen LogP contribution in [0.25, 0.3) is 5.82 Å². The molecule has 0 spiro atoms. The number of halogens is 1. The quantitative estimate of drug-likeness (QED) is 0.349. The van der Waals surface area contributed by atoms with E-state index in [0.717, 1.165) is 40.5 Å². The van der Waals surface area contributed by atoms with Gasteiger partial charge in [0.25, 0.3) is 0 Å². The molecule has 1 aliphatic carbocycles. The third-order valence-electron chi connectivity index (χ3n) is 4.86. The smallest absolute Gasteiger partial charge is 0.191 e. The molecule has 0 amide bonds. The van der Waals surface area contributed by atoms with Crippen LogP contribution in [-0.4, -0.2) is 44.8 Å². The fourth-order valence-electron chi connectivity index (χ4n) is 3.47. The second-order valence-electron chi connectivity index (χ2n) is 7.07. The summed E-state index contributed by atoms with van der Waals surface area (Å²) in [6, 6.07) is 6.65. The Morgan fingerprint density at radius 2 is 2.14 bits per heavy atom. The maximum Gasteiger partial charge on any atom is 0.191 e. The van der Waals surface area contributed by atoms with Gasteiger partial charge in [-0.1, -0.05) is 6.07 Å². The summed E-state index contributed by atoms with van der Waals surface area (Å²) in [6.45, 7) is 7.60. The monoisotopic (exact) mass is 514 g/mol. The van der Waals surface area contributed by atoms with Crippen LogP contribution >= 0.6 is 35.7 Å². The molecule has 0 radical (unpaired) electrons. The van der Waals surface area contributed by atoms with E-state index >= 15 is 0 Å². The lowest BCUT2D eigenvalue weighted by atomic mass is 10.2. The van der Waals surface area contributed by atoms with Crippen molar-refractivity contribution < 1.29 is 0 Å². The van der Waals surface area contributed by atoms with Gasteiger partial charge in [-0.15, -0.1) is 24.0 Å². The van der Waals surface area contributed by atoms with Gasteiger partial charge >= 0.3 is 0 Å². The number of hydrogen-bond acceptors (Lipinski definition) is 4. The van der Waals surface area contributed by atoms with Crippen LogP contribution in [-0.2, 0) is 6.54 Å². The fourth-order valence-corrected chi connectivity index (χ4v) is 4.26. The van der Waals surface area contributed by atoms with Gasteiger partial charge in [-0.25, -0.2) is 14.7 Å². The Morgan fingerprint density at radius 3 is 2.71 bits per heavy atom. The number of aromatic nitrogens is 3. The van der Waals surface area contributed by atoms with E-state index in [2.05, 4.69) is 46.0 Å². The van der Waals surface area contributed by atoms with E-state index < -0.39 is 0 Å². The standard InChI is InChI=1S/C20H30N6S.HI/c1-5-21-20(24-17-7-8-18(11-17)27-4)23-13-16-6-9-19(22-12-16)26-15(3)10-14(2)25-26;/h6,9-10,12,17-18H,5,7-8,11,13H2,1-4H3,(H2,21,23,24);1H. The summed E-state index contributed by atoms with van der Waals surface area (Å²) in [7, 11) is 0. The van der Waals surface area contributed by atoms with Crippen LogP contribution in [0.15, 0.2) is 29.4 Å². The number of thioether (sulfide) groups is 1. The minimum Gasteiger partial charge on any atom is -0.357 e. The maximum absolute atomic E-state index is 4.75. The van der Waals surface area contributed by atoms with Gasteiger partial charge in [0.2, 0.25) is 0 Å². The van der Waals surface area contributed by atoms with Gasteiger partial charge in [-0.05, 0) is 64.0 Å². The number of rotatable bonds is 6.